The second-order valence-corrected chi connectivity index (χ2v) is 27.5. The van der Waals surface area contributed by atoms with Crippen LogP contribution in [0.4, 0.5) is 0 Å². The van der Waals surface area contributed by atoms with Gasteiger partial charge >= 0.3 is 0 Å². The number of nitrogens with zero attached hydrogens (tertiary/aromatic N) is 2. The molecule has 0 radical (unpaired) electrons. The van der Waals surface area contributed by atoms with Crippen LogP contribution in [0.15, 0.2) is 279 Å². The Bertz CT molecular complexity index is 5510. The summed E-state index contributed by atoms with van der Waals surface area (Å²) < 4.78 is 4.94. The zero-order valence-corrected chi connectivity index (χ0v) is 52.0. The van der Waals surface area contributed by atoms with Crippen molar-refractivity contribution in [1.82, 2.24) is 9.13 Å². The van der Waals surface area contributed by atoms with E-state index >= 15 is 0 Å². The lowest BCUT2D eigenvalue weighted by Gasteiger charge is -2.23. The predicted octanol–water partition coefficient (Wildman–Crippen LogP) is 23.8. The molecule has 0 saturated heterocycles. The molecule has 0 aliphatic heterocycles. The average Bonchev–Trinajstić information content (AvgIpc) is 1.62. The van der Waals surface area contributed by atoms with E-state index in [1.807, 2.05) is 0 Å². The summed E-state index contributed by atoms with van der Waals surface area (Å²) in [6.45, 7) is 14.3. The van der Waals surface area contributed by atoms with E-state index in [-0.39, 0.29) is 16.2 Å². The van der Waals surface area contributed by atoms with Gasteiger partial charge in [0.2, 0.25) is 0 Å². The third-order valence-corrected chi connectivity index (χ3v) is 21.8. The number of para-hydroxylation sites is 2. The van der Waals surface area contributed by atoms with Crippen LogP contribution in [0.2, 0.25) is 0 Å². The van der Waals surface area contributed by atoms with E-state index in [4.69, 9.17) is 0 Å². The number of rotatable bonds is 6. The molecule has 0 unspecified atom stereocenters. The summed E-state index contributed by atoms with van der Waals surface area (Å²) in [7, 11) is 0. The Labute approximate surface area is 530 Å². The maximum absolute atomic E-state index is 2.49. The van der Waals surface area contributed by atoms with Crippen LogP contribution < -0.4 is 0 Å². The first-order valence-corrected chi connectivity index (χ1v) is 32.3. The molecule has 0 bridgehead atoms. The zero-order valence-electron chi connectivity index (χ0n) is 52.0. The van der Waals surface area contributed by atoms with Gasteiger partial charge in [0.15, 0.2) is 0 Å². The van der Waals surface area contributed by atoms with Crippen molar-refractivity contribution in [2.75, 3.05) is 0 Å². The molecule has 2 heterocycles. The predicted molar refractivity (Wildman–Crippen MR) is 385 cm³/mol. The van der Waals surface area contributed by atoms with Crippen molar-refractivity contribution < 1.29 is 0 Å². The minimum absolute atomic E-state index is 0.0824. The number of hydrogen-bond acceptors (Lipinski definition) is 0. The lowest BCUT2D eigenvalue weighted by atomic mass is 9.80. The summed E-state index contributed by atoms with van der Waals surface area (Å²) in [5.41, 5.74) is 33.1. The quantitative estimate of drug-likeness (QED) is 0.157. The summed E-state index contributed by atoms with van der Waals surface area (Å²) in [5.74, 6) is 0. The van der Waals surface area contributed by atoms with Crippen molar-refractivity contribution in [3.05, 3.63) is 312 Å². The van der Waals surface area contributed by atoms with Crippen molar-refractivity contribution in [3.63, 3.8) is 0 Å². The largest absolute Gasteiger partial charge is 0.309 e. The van der Waals surface area contributed by atoms with Gasteiger partial charge in [-0.1, -0.05) is 248 Å². The topological polar surface area (TPSA) is 9.86 Å². The van der Waals surface area contributed by atoms with E-state index in [9.17, 15) is 0 Å². The Morgan fingerprint density at radius 3 is 0.846 bits per heavy atom. The molecule has 3 aliphatic carbocycles. The highest BCUT2D eigenvalue weighted by Gasteiger charge is 2.39. The molecule has 0 N–H and O–H groups in total. The lowest BCUT2D eigenvalue weighted by Crippen LogP contribution is -2.15. The monoisotopic (exact) mass is 1160 g/mol. The van der Waals surface area contributed by atoms with E-state index in [2.05, 4.69) is 330 Å². The molecule has 0 fully saturated rings. The van der Waals surface area contributed by atoms with Crippen molar-refractivity contribution >= 4 is 65.2 Å². The number of hydrogen-bond donors (Lipinski definition) is 0. The van der Waals surface area contributed by atoms with Crippen LogP contribution in [-0.2, 0) is 16.2 Å². The van der Waals surface area contributed by atoms with Crippen LogP contribution in [0.1, 0.15) is 74.9 Å². The van der Waals surface area contributed by atoms with Crippen LogP contribution in [0.5, 0.6) is 0 Å². The van der Waals surface area contributed by atoms with Gasteiger partial charge in [0.1, 0.15) is 0 Å². The first-order valence-electron chi connectivity index (χ1n) is 32.3. The van der Waals surface area contributed by atoms with Crippen LogP contribution in [0, 0.1) is 0 Å². The molecule has 16 aromatic rings. The van der Waals surface area contributed by atoms with Gasteiger partial charge in [0, 0.05) is 49.2 Å². The highest BCUT2D eigenvalue weighted by molar-refractivity contribution is 6.14. The molecule has 0 saturated carbocycles. The average molecular weight is 1160 g/mol. The van der Waals surface area contributed by atoms with Crippen molar-refractivity contribution in [2.45, 2.75) is 57.8 Å². The molecular weight excluding hydrogens is 1100 g/mol. The molecule has 430 valence electrons. The highest BCUT2D eigenvalue weighted by Crippen LogP contribution is 2.54. The fourth-order valence-corrected chi connectivity index (χ4v) is 17.2. The van der Waals surface area contributed by atoms with Gasteiger partial charge in [0.05, 0.1) is 22.1 Å². The molecule has 0 spiro atoms. The molecule has 19 rings (SSSR count). The van der Waals surface area contributed by atoms with Gasteiger partial charge in [-0.15, -0.1) is 0 Å². The van der Waals surface area contributed by atoms with Crippen LogP contribution in [0.25, 0.3) is 154 Å². The summed E-state index contributed by atoms with van der Waals surface area (Å²) >= 11 is 0. The molecule has 2 nitrogen and oxygen atoms in total. The van der Waals surface area contributed by atoms with Gasteiger partial charge in [-0.3, -0.25) is 0 Å². The number of aromatic nitrogens is 2. The first-order chi connectivity index (χ1) is 44.4. The maximum atomic E-state index is 2.49. The van der Waals surface area contributed by atoms with Crippen LogP contribution in [0.3, 0.4) is 0 Å². The second-order valence-electron chi connectivity index (χ2n) is 27.5. The Morgan fingerprint density at radius 2 is 0.451 bits per heavy atom. The molecule has 91 heavy (non-hydrogen) atoms. The SMILES string of the molecule is CC1(C)c2cc(-c3ccc(-c4ccc5c(c4)c4ccccc4n5-c4ccc5c(c4)C(C)(C)c4ccccc4-5)c4ccccc34)ccc2-c2ccc(-c3ccc(-c4ccc5c(c4)c4ccccc4n5-c4ccc5c(c4)C(C)(C)c4ccccc4-5)c4ccccc34)cc21. The van der Waals surface area contributed by atoms with Gasteiger partial charge < -0.3 is 9.13 Å². The van der Waals surface area contributed by atoms with Gasteiger partial charge in [-0.25, -0.2) is 0 Å². The Kier molecular flexibility index (Phi) is 10.7. The Balaban J connectivity index is 0.651. The minimum atomic E-state index is -0.229. The van der Waals surface area contributed by atoms with Gasteiger partial charge in [-0.05, 0) is 206 Å². The van der Waals surface area contributed by atoms with E-state index in [0.717, 1.165) is 0 Å². The summed E-state index contributed by atoms with van der Waals surface area (Å²) in [6.07, 6.45) is 0. The third-order valence-electron chi connectivity index (χ3n) is 21.8. The maximum Gasteiger partial charge on any atom is 0.0541 e. The Hall–Kier alpha value is -10.8. The van der Waals surface area contributed by atoms with Crippen LogP contribution in [-0.4, -0.2) is 9.13 Å². The lowest BCUT2D eigenvalue weighted by molar-refractivity contribution is 0.660. The molecule has 0 atom stereocenters. The molecule has 0 amide bonds. The first kappa shape index (κ1) is 52.2. The normalized spacial score (nSPS) is 14.5. The Morgan fingerprint density at radius 1 is 0.187 bits per heavy atom. The summed E-state index contributed by atoms with van der Waals surface area (Å²) in [5, 5.41) is 10.1. The molecular formula is C89H64N2. The molecule has 14 aromatic carbocycles. The number of fused-ring (bicyclic) bond motifs is 17. The van der Waals surface area contributed by atoms with E-state index < -0.39 is 0 Å². The van der Waals surface area contributed by atoms with Crippen molar-refractivity contribution in [1.29, 1.82) is 0 Å². The highest BCUT2D eigenvalue weighted by atomic mass is 15.0. The fraction of sp³-hybridized carbons (Fsp3) is 0.101. The zero-order chi connectivity index (χ0) is 60.8. The van der Waals surface area contributed by atoms with Gasteiger partial charge in [0.25, 0.3) is 0 Å². The van der Waals surface area contributed by atoms with E-state index in [1.54, 1.807) is 0 Å². The van der Waals surface area contributed by atoms with Crippen LogP contribution >= 0.6 is 0 Å². The second kappa shape index (κ2) is 18.6. The van der Waals surface area contributed by atoms with E-state index in [0.29, 0.717) is 0 Å². The van der Waals surface area contributed by atoms with Crippen molar-refractivity contribution in [2.24, 2.45) is 0 Å². The standard InChI is InChI=1S/C89H64N2/c1-87(2)77-27-15-11-23-67(77)71-39-35-57(51-81(71)87)90-83-29-17-13-25-73(83)75-47-53(33-45-85(75)90)59-41-43-61(65-21-9-7-19-63(59)65)55-31-37-69-70-38-32-56(50-80(70)89(5,6)79(69)49-55)62-44-42-60(64-20-8-10-22-66(62)64)54-34-46-86-76(48-54)74-26-14-18-30-84(74)91(86)58-36-40-72-68-24-12-16-28-78(68)88(3,4)82(72)52-58/h7-52H,1-6H3. The fourth-order valence-electron chi connectivity index (χ4n) is 17.2. The summed E-state index contributed by atoms with van der Waals surface area (Å²) in [4.78, 5) is 0. The van der Waals surface area contributed by atoms with E-state index in [1.165, 1.54) is 188 Å². The molecule has 2 heteroatoms. The molecule has 3 aliphatic rings. The molecule has 2 aromatic heterocycles. The minimum Gasteiger partial charge on any atom is -0.309 e. The van der Waals surface area contributed by atoms with Gasteiger partial charge in [-0.2, -0.15) is 0 Å². The van der Waals surface area contributed by atoms with Crippen molar-refractivity contribution in [3.8, 4) is 89.3 Å². The number of benzene rings is 14. The smallest absolute Gasteiger partial charge is 0.0541 e. The summed E-state index contributed by atoms with van der Waals surface area (Å²) in [6, 6.07) is 106. The third kappa shape index (κ3) is 7.25.